The molecule has 0 aromatic heterocycles. The zero-order valence-electron chi connectivity index (χ0n) is 17.6. The molecule has 2 N–H and O–H groups in total. The van der Waals surface area contributed by atoms with E-state index in [1.54, 1.807) is 19.0 Å². The summed E-state index contributed by atoms with van der Waals surface area (Å²) in [5.41, 5.74) is 0.446. The van der Waals surface area contributed by atoms with Crippen LogP contribution in [0.25, 0.3) is 0 Å². The molecule has 1 fully saturated rings. The van der Waals surface area contributed by atoms with Gasteiger partial charge in [-0.3, -0.25) is 4.79 Å². The molecule has 1 saturated heterocycles. The average Bonchev–Trinajstić information content (AvgIpc) is 2.55. The van der Waals surface area contributed by atoms with E-state index in [0.29, 0.717) is 25.6 Å². The summed E-state index contributed by atoms with van der Waals surface area (Å²) in [6.45, 7) is 13.2. The van der Waals surface area contributed by atoms with Crippen LogP contribution in [0.2, 0.25) is 0 Å². The van der Waals surface area contributed by atoms with Gasteiger partial charge in [0, 0.05) is 39.8 Å². The number of hydrogen-bond donors (Lipinski definition) is 2. The summed E-state index contributed by atoms with van der Waals surface area (Å²) in [5.74, 6) is 0.467. The van der Waals surface area contributed by atoms with Crippen molar-refractivity contribution in [3.05, 3.63) is 12.2 Å². The number of carbonyl (C=O) groups is 2. The summed E-state index contributed by atoms with van der Waals surface area (Å²) in [6, 6.07) is 0.0390. The lowest BCUT2D eigenvalue weighted by Gasteiger charge is -2.35. The van der Waals surface area contributed by atoms with Gasteiger partial charge in [0.05, 0.1) is 0 Å². The number of piperidine rings is 1. The van der Waals surface area contributed by atoms with Crippen molar-refractivity contribution < 1.29 is 14.3 Å². The largest absolute Gasteiger partial charge is 0.444 e. The fourth-order valence-electron chi connectivity index (χ4n) is 2.46. The first-order chi connectivity index (χ1) is 12.5. The highest BCUT2D eigenvalue weighted by Gasteiger charge is 2.28. The number of hydrogen-bond acceptors (Lipinski definition) is 4. The molecule has 1 atom stereocenters. The minimum atomic E-state index is -0.514. The van der Waals surface area contributed by atoms with Gasteiger partial charge in [-0.1, -0.05) is 12.2 Å². The number of guanidine groups is 1. The summed E-state index contributed by atoms with van der Waals surface area (Å²) < 4.78 is 5.47. The molecule has 8 heteroatoms. The first-order valence-corrected chi connectivity index (χ1v) is 9.35. The highest BCUT2D eigenvalue weighted by atomic mass is 16.6. The van der Waals surface area contributed by atoms with Crippen LogP contribution in [-0.2, 0) is 9.53 Å². The van der Waals surface area contributed by atoms with Crippen LogP contribution in [0.4, 0.5) is 4.79 Å². The maximum absolute atomic E-state index is 12.3. The van der Waals surface area contributed by atoms with Crippen molar-refractivity contribution in [1.82, 2.24) is 20.4 Å². The van der Waals surface area contributed by atoms with Crippen molar-refractivity contribution in [2.45, 2.75) is 52.2 Å². The molecular formula is C19H35N5O3. The van der Waals surface area contributed by atoms with Crippen molar-refractivity contribution in [2.24, 2.45) is 4.99 Å². The number of nitrogens with zero attached hydrogens (tertiary/aromatic N) is 3. The fourth-order valence-corrected chi connectivity index (χ4v) is 2.46. The SMILES string of the molecule is C=C(C)CNC(=NCC(=O)N(C)C)NC1CCCN(C(=O)OC(C)(C)C)C1. The maximum atomic E-state index is 12.3. The number of likely N-dealkylation sites (N-methyl/N-ethyl adjacent to an activating group) is 1. The van der Waals surface area contributed by atoms with E-state index in [2.05, 4.69) is 22.2 Å². The van der Waals surface area contributed by atoms with Gasteiger partial charge < -0.3 is 25.2 Å². The van der Waals surface area contributed by atoms with Crippen molar-refractivity contribution >= 4 is 18.0 Å². The Balaban J connectivity index is 2.72. The van der Waals surface area contributed by atoms with E-state index in [-0.39, 0.29) is 24.6 Å². The molecule has 1 aliphatic rings. The topological polar surface area (TPSA) is 86.3 Å². The summed E-state index contributed by atoms with van der Waals surface area (Å²) in [5, 5.41) is 6.51. The molecule has 27 heavy (non-hydrogen) atoms. The Labute approximate surface area is 163 Å². The Morgan fingerprint density at radius 1 is 1.33 bits per heavy atom. The van der Waals surface area contributed by atoms with Crippen molar-refractivity contribution in [1.29, 1.82) is 0 Å². The molecule has 1 aliphatic heterocycles. The Hall–Kier alpha value is -2.25. The van der Waals surface area contributed by atoms with Gasteiger partial charge in [0.25, 0.3) is 0 Å². The molecule has 0 aromatic carbocycles. The van der Waals surface area contributed by atoms with E-state index in [9.17, 15) is 9.59 Å². The van der Waals surface area contributed by atoms with E-state index < -0.39 is 5.60 Å². The summed E-state index contributed by atoms with van der Waals surface area (Å²) >= 11 is 0. The standard InChI is InChI=1S/C19H35N5O3/c1-14(2)11-20-17(21-12-16(25)23(6)7)22-15-9-8-10-24(13-15)18(26)27-19(3,4)5/h15H,1,8-13H2,2-7H3,(H2,20,21,22). The number of aliphatic imine (C=N–C) groups is 1. The molecule has 0 spiro atoms. The molecule has 8 nitrogen and oxygen atoms in total. The van der Waals surface area contributed by atoms with Crippen molar-refractivity contribution in [3.63, 3.8) is 0 Å². The number of ether oxygens (including phenoxy) is 1. The zero-order chi connectivity index (χ0) is 20.6. The number of nitrogens with one attached hydrogen (secondary N) is 2. The van der Waals surface area contributed by atoms with Gasteiger partial charge in [-0.25, -0.2) is 9.79 Å². The molecule has 1 unspecified atom stereocenters. The van der Waals surface area contributed by atoms with Gasteiger partial charge in [0.15, 0.2) is 5.96 Å². The zero-order valence-corrected chi connectivity index (χ0v) is 17.6. The molecule has 0 bridgehead atoms. The van der Waals surface area contributed by atoms with Crippen molar-refractivity contribution in [3.8, 4) is 0 Å². The van der Waals surface area contributed by atoms with Crippen LogP contribution in [0.3, 0.4) is 0 Å². The van der Waals surface area contributed by atoms with Gasteiger partial charge in [-0.15, -0.1) is 0 Å². The van der Waals surface area contributed by atoms with E-state index in [0.717, 1.165) is 18.4 Å². The fraction of sp³-hybridized carbons (Fsp3) is 0.737. The van der Waals surface area contributed by atoms with Gasteiger partial charge in [-0.05, 0) is 40.5 Å². The van der Waals surface area contributed by atoms with Crippen LogP contribution in [-0.4, -0.2) is 79.7 Å². The molecule has 1 heterocycles. The lowest BCUT2D eigenvalue weighted by atomic mass is 10.1. The second-order valence-corrected chi connectivity index (χ2v) is 8.17. The van der Waals surface area contributed by atoms with Crippen LogP contribution < -0.4 is 10.6 Å². The second kappa shape index (κ2) is 10.2. The van der Waals surface area contributed by atoms with E-state index in [4.69, 9.17) is 4.74 Å². The molecule has 154 valence electrons. The highest BCUT2D eigenvalue weighted by Crippen LogP contribution is 2.15. The quantitative estimate of drug-likeness (QED) is 0.429. The van der Waals surface area contributed by atoms with E-state index in [1.165, 1.54) is 4.90 Å². The van der Waals surface area contributed by atoms with Crippen LogP contribution in [0.5, 0.6) is 0 Å². The predicted octanol–water partition coefficient (Wildman–Crippen LogP) is 1.59. The minimum absolute atomic E-state index is 0.0390. The molecule has 0 saturated carbocycles. The van der Waals surface area contributed by atoms with Gasteiger partial charge >= 0.3 is 6.09 Å². The average molecular weight is 382 g/mol. The van der Waals surface area contributed by atoms with Crippen LogP contribution >= 0.6 is 0 Å². The van der Waals surface area contributed by atoms with Crippen LogP contribution in [0.1, 0.15) is 40.5 Å². The summed E-state index contributed by atoms with van der Waals surface area (Å²) in [7, 11) is 3.40. The molecule has 1 rings (SSSR count). The molecule has 2 amide bonds. The Morgan fingerprint density at radius 2 is 2.00 bits per heavy atom. The summed E-state index contributed by atoms with van der Waals surface area (Å²) in [6.07, 6.45) is 1.49. The smallest absolute Gasteiger partial charge is 0.410 e. The highest BCUT2D eigenvalue weighted by molar-refractivity contribution is 5.85. The molecule has 0 aliphatic carbocycles. The van der Waals surface area contributed by atoms with Gasteiger partial charge in [-0.2, -0.15) is 0 Å². The third-order valence-electron chi connectivity index (χ3n) is 3.84. The van der Waals surface area contributed by atoms with Gasteiger partial charge in [0.1, 0.15) is 12.1 Å². The number of amides is 2. The lowest BCUT2D eigenvalue weighted by Crippen LogP contribution is -2.53. The van der Waals surface area contributed by atoms with Gasteiger partial charge in [0.2, 0.25) is 5.91 Å². The van der Waals surface area contributed by atoms with Crippen LogP contribution in [0, 0.1) is 0 Å². The predicted molar refractivity (Wildman–Crippen MR) is 108 cm³/mol. The minimum Gasteiger partial charge on any atom is -0.444 e. The Morgan fingerprint density at radius 3 is 2.56 bits per heavy atom. The van der Waals surface area contributed by atoms with E-state index in [1.807, 2.05) is 27.7 Å². The second-order valence-electron chi connectivity index (χ2n) is 8.17. The lowest BCUT2D eigenvalue weighted by molar-refractivity contribution is -0.127. The third-order valence-corrected chi connectivity index (χ3v) is 3.84. The van der Waals surface area contributed by atoms with Crippen molar-refractivity contribution in [2.75, 3.05) is 40.3 Å². The maximum Gasteiger partial charge on any atom is 0.410 e. The normalized spacial score (nSPS) is 17.9. The van der Waals surface area contributed by atoms with E-state index >= 15 is 0 Å². The monoisotopic (exact) mass is 381 g/mol. The Kier molecular flexibility index (Phi) is 8.59. The first-order valence-electron chi connectivity index (χ1n) is 9.35. The first kappa shape index (κ1) is 22.8. The molecular weight excluding hydrogens is 346 g/mol. The number of likely N-dealkylation sites (tertiary alicyclic amines) is 1. The number of carbonyl (C=O) groups excluding carboxylic acids is 2. The molecule has 0 aromatic rings. The number of rotatable bonds is 5. The Bertz CT molecular complexity index is 566. The summed E-state index contributed by atoms with van der Waals surface area (Å²) in [4.78, 5) is 31.7. The third kappa shape index (κ3) is 9.30. The molecule has 0 radical (unpaired) electrons. The van der Waals surface area contributed by atoms with Crippen LogP contribution in [0.15, 0.2) is 17.1 Å².